The van der Waals surface area contributed by atoms with Gasteiger partial charge in [-0.25, -0.2) is 4.39 Å². The van der Waals surface area contributed by atoms with Crippen LogP contribution >= 0.6 is 0 Å². The van der Waals surface area contributed by atoms with Crippen molar-refractivity contribution in [3.05, 3.63) is 0 Å². The molecule has 1 saturated heterocycles. The second-order valence-electron chi connectivity index (χ2n) is 1.93. The standard InChI is InChI=1S/C5H10FN3.C2H6/c1-7-5-8-2-4(6)3-9-5;1-2/h4H,2-3H2,1H3,(H2,7,8,9);1-2H3. The molecule has 1 rings (SSSR count). The maximum absolute atomic E-state index is 12.3. The van der Waals surface area contributed by atoms with E-state index in [0.717, 1.165) is 0 Å². The molecule has 0 aromatic heterocycles. The van der Waals surface area contributed by atoms with Crippen LogP contribution in [0.1, 0.15) is 13.8 Å². The summed E-state index contributed by atoms with van der Waals surface area (Å²) in [6.45, 7) is 4.75. The fourth-order valence-electron chi connectivity index (χ4n) is 0.708. The minimum atomic E-state index is -0.782. The van der Waals surface area contributed by atoms with Gasteiger partial charge in [0.05, 0.1) is 13.1 Å². The van der Waals surface area contributed by atoms with Crippen molar-refractivity contribution in [2.75, 3.05) is 20.1 Å². The highest BCUT2D eigenvalue weighted by molar-refractivity contribution is 5.80. The van der Waals surface area contributed by atoms with E-state index in [1.807, 2.05) is 13.8 Å². The van der Waals surface area contributed by atoms with Gasteiger partial charge in [0.25, 0.3) is 0 Å². The lowest BCUT2D eigenvalue weighted by atomic mass is 10.3. The summed E-state index contributed by atoms with van der Waals surface area (Å²) >= 11 is 0. The van der Waals surface area contributed by atoms with Crippen molar-refractivity contribution < 1.29 is 4.39 Å². The molecule has 0 aromatic rings. The Hall–Kier alpha value is -0.800. The van der Waals surface area contributed by atoms with Gasteiger partial charge in [0.15, 0.2) is 5.96 Å². The Balaban J connectivity index is 0.000000461. The molecule has 2 N–H and O–H groups in total. The smallest absolute Gasteiger partial charge is 0.191 e. The highest BCUT2D eigenvalue weighted by atomic mass is 19.1. The van der Waals surface area contributed by atoms with Crippen LogP contribution in [0.25, 0.3) is 0 Å². The lowest BCUT2D eigenvalue weighted by molar-refractivity contribution is 0.315. The summed E-state index contributed by atoms with van der Waals surface area (Å²) in [5.74, 6) is 0.684. The predicted molar refractivity (Wildman–Crippen MR) is 45.6 cm³/mol. The van der Waals surface area contributed by atoms with Crippen LogP contribution in [0.3, 0.4) is 0 Å². The van der Waals surface area contributed by atoms with Crippen molar-refractivity contribution in [2.45, 2.75) is 20.0 Å². The third-order valence-corrected chi connectivity index (χ3v) is 1.21. The summed E-state index contributed by atoms with van der Waals surface area (Å²) in [6.07, 6.45) is -0.782. The van der Waals surface area contributed by atoms with E-state index in [-0.39, 0.29) is 0 Å². The number of aliphatic imine (C=N–C) groups is 1. The van der Waals surface area contributed by atoms with E-state index < -0.39 is 6.17 Å². The Bertz CT molecular complexity index is 115. The Morgan fingerprint density at radius 2 is 1.82 bits per heavy atom. The molecule has 1 aliphatic heterocycles. The highest BCUT2D eigenvalue weighted by Crippen LogP contribution is 1.90. The van der Waals surface area contributed by atoms with Crippen molar-refractivity contribution in [1.82, 2.24) is 10.6 Å². The van der Waals surface area contributed by atoms with Gasteiger partial charge in [0.1, 0.15) is 6.17 Å². The van der Waals surface area contributed by atoms with E-state index in [1.165, 1.54) is 0 Å². The zero-order valence-corrected chi connectivity index (χ0v) is 7.32. The molecule has 1 aliphatic rings. The topological polar surface area (TPSA) is 36.4 Å². The molecule has 0 bridgehead atoms. The second kappa shape index (κ2) is 5.95. The van der Waals surface area contributed by atoms with Crippen LogP contribution in [0.4, 0.5) is 4.39 Å². The number of rotatable bonds is 0. The SMILES string of the molecule is CC.CN=C1NCC(F)CN1. The normalized spacial score (nSPS) is 22.2. The predicted octanol–water partition coefficient (Wildman–Crippen LogP) is 0.529. The number of guanidine groups is 1. The molecule has 0 radical (unpaired) electrons. The molecule has 1 fully saturated rings. The molecule has 0 aromatic carbocycles. The third-order valence-electron chi connectivity index (χ3n) is 1.21. The van der Waals surface area contributed by atoms with Crippen molar-refractivity contribution >= 4 is 5.96 Å². The van der Waals surface area contributed by atoms with Crippen molar-refractivity contribution in [2.24, 2.45) is 4.99 Å². The third kappa shape index (κ3) is 3.80. The van der Waals surface area contributed by atoms with E-state index in [4.69, 9.17) is 0 Å². The van der Waals surface area contributed by atoms with Crippen molar-refractivity contribution in [1.29, 1.82) is 0 Å². The first-order valence-corrected chi connectivity index (χ1v) is 3.91. The number of nitrogens with zero attached hydrogens (tertiary/aromatic N) is 1. The quantitative estimate of drug-likeness (QED) is 0.543. The van der Waals surface area contributed by atoms with Gasteiger partial charge < -0.3 is 10.6 Å². The molecule has 0 saturated carbocycles. The van der Waals surface area contributed by atoms with Gasteiger partial charge in [-0.3, -0.25) is 4.99 Å². The summed E-state index contributed by atoms with van der Waals surface area (Å²) in [7, 11) is 1.66. The minimum absolute atomic E-state index is 0.375. The molecular weight excluding hydrogens is 145 g/mol. The molecule has 4 heteroatoms. The van der Waals surface area contributed by atoms with Gasteiger partial charge in [-0.15, -0.1) is 0 Å². The Kier molecular flexibility index (Phi) is 5.51. The van der Waals surface area contributed by atoms with Gasteiger partial charge in [0.2, 0.25) is 0 Å². The Morgan fingerprint density at radius 1 is 1.36 bits per heavy atom. The van der Waals surface area contributed by atoms with Crippen LogP contribution in [0, 0.1) is 0 Å². The number of hydrogen-bond donors (Lipinski definition) is 2. The maximum Gasteiger partial charge on any atom is 0.191 e. The average molecular weight is 161 g/mol. The lowest BCUT2D eigenvalue weighted by Gasteiger charge is -2.20. The summed E-state index contributed by atoms with van der Waals surface area (Å²) in [5.41, 5.74) is 0. The number of nitrogens with one attached hydrogen (secondary N) is 2. The zero-order chi connectivity index (χ0) is 8.69. The van der Waals surface area contributed by atoms with Crippen LogP contribution in [-0.4, -0.2) is 32.3 Å². The van der Waals surface area contributed by atoms with E-state index in [9.17, 15) is 4.39 Å². The average Bonchev–Trinajstić information content (AvgIpc) is 2.10. The van der Waals surface area contributed by atoms with Gasteiger partial charge in [-0.1, -0.05) is 13.8 Å². The van der Waals surface area contributed by atoms with E-state index in [2.05, 4.69) is 15.6 Å². The molecule has 0 unspecified atom stereocenters. The van der Waals surface area contributed by atoms with Gasteiger partial charge in [0, 0.05) is 7.05 Å². The molecule has 0 aliphatic carbocycles. The first kappa shape index (κ1) is 10.2. The summed E-state index contributed by atoms with van der Waals surface area (Å²) in [6, 6.07) is 0. The minimum Gasteiger partial charge on any atom is -0.353 e. The largest absolute Gasteiger partial charge is 0.353 e. The van der Waals surface area contributed by atoms with E-state index in [1.54, 1.807) is 7.05 Å². The first-order chi connectivity index (χ1) is 5.33. The van der Waals surface area contributed by atoms with Gasteiger partial charge in [-0.05, 0) is 0 Å². The molecule has 0 atom stereocenters. The molecule has 0 amide bonds. The van der Waals surface area contributed by atoms with E-state index >= 15 is 0 Å². The molecule has 66 valence electrons. The Morgan fingerprint density at radius 3 is 2.18 bits per heavy atom. The summed E-state index contributed by atoms with van der Waals surface area (Å²) in [5, 5.41) is 5.56. The van der Waals surface area contributed by atoms with Crippen LogP contribution in [0.5, 0.6) is 0 Å². The fourth-order valence-corrected chi connectivity index (χ4v) is 0.708. The molecular formula is C7H16FN3. The number of alkyl halides is 1. The fraction of sp³-hybridized carbons (Fsp3) is 0.857. The zero-order valence-electron chi connectivity index (χ0n) is 7.32. The van der Waals surface area contributed by atoms with Crippen molar-refractivity contribution in [3.8, 4) is 0 Å². The monoisotopic (exact) mass is 161 g/mol. The van der Waals surface area contributed by atoms with Crippen LogP contribution in [-0.2, 0) is 0 Å². The van der Waals surface area contributed by atoms with E-state index in [0.29, 0.717) is 19.0 Å². The summed E-state index contributed by atoms with van der Waals surface area (Å²) < 4.78 is 12.3. The first-order valence-electron chi connectivity index (χ1n) is 3.91. The Labute approximate surface area is 67.1 Å². The van der Waals surface area contributed by atoms with Crippen molar-refractivity contribution in [3.63, 3.8) is 0 Å². The lowest BCUT2D eigenvalue weighted by Crippen LogP contribution is -2.50. The van der Waals surface area contributed by atoms with Crippen LogP contribution < -0.4 is 10.6 Å². The molecule has 1 heterocycles. The molecule has 0 spiro atoms. The van der Waals surface area contributed by atoms with Crippen LogP contribution in [0.2, 0.25) is 0 Å². The maximum atomic E-state index is 12.3. The van der Waals surface area contributed by atoms with Gasteiger partial charge >= 0.3 is 0 Å². The summed E-state index contributed by atoms with van der Waals surface area (Å²) in [4.78, 5) is 3.81. The highest BCUT2D eigenvalue weighted by Gasteiger charge is 2.12. The second-order valence-corrected chi connectivity index (χ2v) is 1.93. The van der Waals surface area contributed by atoms with Gasteiger partial charge in [-0.2, -0.15) is 0 Å². The number of hydrogen-bond acceptors (Lipinski definition) is 1. The van der Waals surface area contributed by atoms with Crippen LogP contribution in [0.15, 0.2) is 4.99 Å². The molecule has 11 heavy (non-hydrogen) atoms. The molecule has 3 nitrogen and oxygen atoms in total. The number of halogens is 1.